The first-order chi connectivity index (χ1) is 12.7. The van der Waals surface area contributed by atoms with Crippen molar-refractivity contribution in [3.8, 4) is 17.2 Å². The maximum absolute atomic E-state index is 12.8. The maximum atomic E-state index is 12.8. The van der Waals surface area contributed by atoms with Gasteiger partial charge in [-0.3, -0.25) is 9.69 Å². The molecule has 1 heterocycles. The van der Waals surface area contributed by atoms with E-state index in [4.69, 9.17) is 26.4 Å². The number of amides is 1. The second-order valence-electron chi connectivity index (χ2n) is 6.04. The van der Waals surface area contributed by atoms with E-state index in [1.165, 1.54) is 21.3 Å². The number of rotatable bonds is 7. The summed E-state index contributed by atoms with van der Waals surface area (Å²) in [5.74, 6) is -0.468. The van der Waals surface area contributed by atoms with Crippen LogP contribution in [0.2, 0.25) is 0 Å². The first-order valence-electron chi connectivity index (χ1n) is 8.05. The van der Waals surface area contributed by atoms with E-state index < -0.39 is 17.9 Å². The predicted octanol–water partition coefficient (Wildman–Crippen LogP) is 3.02. The zero-order chi connectivity index (χ0) is 20.3. The van der Waals surface area contributed by atoms with Crippen molar-refractivity contribution >= 4 is 46.3 Å². The van der Waals surface area contributed by atoms with Gasteiger partial charge in [-0.25, -0.2) is 4.79 Å². The first kappa shape index (κ1) is 21.0. The topological polar surface area (TPSA) is 85.3 Å². The molecule has 146 valence electrons. The number of benzene rings is 1. The third-order valence-electron chi connectivity index (χ3n) is 3.97. The molecule has 1 atom stereocenters. The zero-order valence-corrected chi connectivity index (χ0v) is 17.3. The molecule has 0 bridgehead atoms. The van der Waals surface area contributed by atoms with E-state index in [1.54, 1.807) is 32.1 Å². The van der Waals surface area contributed by atoms with Crippen LogP contribution in [0.15, 0.2) is 17.0 Å². The van der Waals surface area contributed by atoms with Crippen LogP contribution < -0.4 is 14.2 Å². The summed E-state index contributed by atoms with van der Waals surface area (Å²) in [6.45, 7) is 3.47. The van der Waals surface area contributed by atoms with E-state index in [9.17, 15) is 14.7 Å². The molecule has 0 spiro atoms. The average Bonchev–Trinajstić information content (AvgIpc) is 2.88. The lowest BCUT2D eigenvalue weighted by Crippen LogP contribution is -2.47. The van der Waals surface area contributed by atoms with Gasteiger partial charge in [0, 0.05) is 0 Å². The molecular formula is C18H21NO6S2. The summed E-state index contributed by atoms with van der Waals surface area (Å²) in [5.41, 5.74) is 0.640. The molecule has 0 radical (unpaired) electrons. The number of carboxylic acids is 1. The van der Waals surface area contributed by atoms with Crippen molar-refractivity contribution in [3.05, 3.63) is 22.6 Å². The highest BCUT2D eigenvalue weighted by Crippen LogP contribution is 2.41. The number of carboxylic acid groups (broad SMARTS) is 1. The Bertz CT molecular complexity index is 780. The van der Waals surface area contributed by atoms with E-state index in [-0.39, 0.29) is 10.2 Å². The fourth-order valence-corrected chi connectivity index (χ4v) is 4.08. The minimum atomic E-state index is -1.09. The fourth-order valence-electron chi connectivity index (χ4n) is 2.75. The summed E-state index contributed by atoms with van der Waals surface area (Å²) in [4.78, 5) is 25.9. The summed E-state index contributed by atoms with van der Waals surface area (Å²) in [6, 6.07) is 2.39. The van der Waals surface area contributed by atoms with Gasteiger partial charge < -0.3 is 19.3 Å². The van der Waals surface area contributed by atoms with Crippen molar-refractivity contribution in [2.45, 2.75) is 19.9 Å². The Kier molecular flexibility index (Phi) is 6.72. The molecule has 1 aliphatic heterocycles. The highest BCUT2D eigenvalue weighted by Gasteiger charge is 2.41. The van der Waals surface area contributed by atoms with Gasteiger partial charge in [-0.1, -0.05) is 37.8 Å². The van der Waals surface area contributed by atoms with E-state index in [0.717, 1.165) is 16.7 Å². The zero-order valence-electron chi connectivity index (χ0n) is 15.6. The van der Waals surface area contributed by atoms with Gasteiger partial charge in [-0.15, -0.1) is 0 Å². The fraction of sp³-hybridized carbons (Fsp3) is 0.389. The maximum Gasteiger partial charge on any atom is 0.327 e. The molecule has 0 aliphatic carbocycles. The van der Waals surface area contributed by atoms with E-state index in [1.807, 2.05) is 0 Å². The third-order valence-corrected chi connectivity index (χ3v) is 5.30. The molecule has 1 aromatic carbocycles. The number of ether oxygens (including phenoxy) is 3. The van der Waals surface area contributed by atoms with Crippen LogP contribution in [0.1, 0.15) is 19.4 Å². The summed E-state index contributed by atoms with van der Waals surface area (Å²) >= 11 is 6.33. The molecule has 1 aromatic rings. The van der Waals surface area contributed by atoms with Crippen LogP contribution in [-0.2, 0) is 9.59 Å². The monoisotopic (exact) mass is 411 g/mol. The Morgan fingerprint density at radius 2 is 1.74 bits per heavy atom. The molecule has 1 aliphatic rings. The van der Waals surface area contributed by atoms with Crippen molar-refractivity contribution in [2.75, 3.05) is 21.3 Å². The van der Waals surface area contributed by atoms with Gasteiger partial charge in [0.2, 0.25) is 5.75 Å². The molecule has 1 N–H and O–H groups in total. The molecule has 1 fully saturated rings. The Hall–Kier alpha value is -2.26. The number of hydrogen-bond acceptors (Lipinski definition) is 7. The summed E-state index contributed by atoms with van der Waals surface area (Å²) in [7, 11) is 4.50. The second kappa shape index (κ2) is 8.62. The molecule has 1 amide bonds. The van der Waals surface area contributed by atoms with E-state index in [0.29, 0.717) is 27.7 Å². The lowest BCUT2D eigenvalue weighted by molar-refractivity contribution is -0.146. The van der Waals surface area contributed by atoms with E-state index >= 15 is 0 Å². The smallest absolute Gasteiger partial charge is 0.327 e. The Balaban J connectivity index is 2.45. The number of carbonyl (C=O) groups is 2. The van der Waals surface area contributed by atoms with Crippen LogP contribution in [0, 0.1) is 5.92 Å². The third kappa shape index (κ3) is 4.19. The van der Waals surface area contributed by atoms with Gasteiger partial charge in [0.25, 0.3) is 5.91 Å². The summed E-state index contributed by atoms with van der Waals surface area (Å²) in [6.07, 6.45) is 1.63. The number of aliphatic carboxylic acids is 1. The summed E-state index contributed by atoms with van der Waals surface area (Å²) < 4.78 is 16.1. The largest absolute Gasteiger partial charge is 0.493 e. The molecule has 9 heteroatoms. The van der Waals surface area contributed by atoms with Gasteiger partial charge >= 0.3 is 5.97 Å². The van der Waals surface area contributed by atoms with Crippen molar-refractivity contribution in [2.24, 2.45) is 5.92 Å². The Labute approximate surface area is 167 Å². The van der Waals surface area contributed by atoms with Crippen LogP contribution in [0.25, 0.3) is 6.08 Å². The average molecular weight is 412 g/mol. The van der Waals surface area contributed by atoms with Crippen LogP contribution in [0.3, 0.4) is 0 Å². The van der Waals surface area contributed by atoms with Crippen molar-refractivity contribution < 1.29 is 28.9 Å². The second-order valence-corrected chi connectivity index (χ2v) is 7.71. The minimum absolute atomic E-state index is 0.222. The Morgan fingerprint density at radius 3 is 2.15 bits per heavy atom. The first-order valence-corrected chi connectivity index (χ1v) is 9.27. The number of carbonyl (C=O) groups excluding carboxylic acids is 1. The Morgan fingerprint density at radius 1 is 1.19 bits per heavy atom. The molecular weight excluding hydrogens is 390 g/mol. The van der Waals surface area contributed by atoms with Crippen molar-refractivity contribution in [3.63, 3.8) is 0 Å². The molecule has 0 aromatic heterocycles. The molecule has 7 nitrogen and oxygen atoms in total. The lowest BCUT2D eigenvalue weighted by atomic mass is 10.0. The van der Waals surface area contributed by atoms with Gasteiger partial charge in [0.1, 0.15) is 10.4 Å². The number of nitrogens with zero attached hydrogens (tertiary/aromatic N) is 1. The van der Waals surface area contributed by atoms with Crippen LogP contribution in [0.4, 0.5) is 0 Å². The van der Waals surface area contributed by atoms with Gasteiger partial charge in [0.15, 0.2) is 11.5 Å². The predicted molar refractivity (Wildman–Crippen MR) is 107 cm³/mol. The number of thiocarbonyl (C=S) groups is 1. The lowest BCUT2D eigenvalue weighted by Gasteiger charge is -2.26. The molecule has 0 saturated carbocycles. The molecule has 1 saturated heterocycles. The molecule has 1 unspecified atom stereocenters. The van der Waals surface area contributed by atoms with Crippen molar-refractivity contribution in [1.82, 2.24) is 4.90 Å². The highest BCUT2D eigenvalue weighted by atomic mass is 32.2. The highest BCUT2D eigenvalue weighted by molar-refractivity contribution is 8.26. The number of methoxy groups -OCH3 is 3. The number of thioether (sulfide) groups is 1. The van der Waals surface area contributed by atoms with Crippen LogP contribution in [-0.4, -0.2) is 53.6 Å². The normalized spacial score (nSPS) is 16.8. The minimum Gasteiger partial charge on any atom is -0.493 e. The summed E-state index contributed by atoms with van der Waals surface area (Å²) in [5, 5.41) is 9.48. The van der Waals surface area contributed by atoms with Gasteiger partial charge in [-0.05, 0) is 29.7 Å². The number of hydrogen-bond donors (Lipinski definition) is 1. The quantitative estimate of drug-likeness (QED) is 0.541. The molecule has 27 heavy (non-hydrogen) atoms. The van der Waals surface area contributed by atoms with Crippen molar-refractivity contribution in [1.29, 1.82) is 0 Å². The molecule has 2 rings (SSSR count). The van der Waals surface area contributed by atoms with E-state index in [2.05, 4.69) is 0 Å². The van der Waals surface area contributed by atoms with Crippen LogP contribution in [0.5, 0.6) is 17.2 Å². The van der Waals surface area contributed by atoms with Crippen LogP contribution >= 0.6 is 24.0 Å². The SMILES string of the molecule is COc1cc(/C=C2\SC(=S)N(C(C(=O)O)C(C)C)C2=O)cc(OC)c1OC. The van der Waals surface area contributed by atoms with Gasteiger partial charge in [-0.2, -0.15) is 0 Å². The standard InChI is InChI=1S/C18H21NO6S2/c1-9(2)14(17(21)22)19-16(20)13(27-18(19)26)8-10-6-11(23-3)15(25-5)12(7-10)24-4/h6-9,14H,1-5H3,(H,21,22)/b13-8-. The van der Waals surface area contributed by atoms with Gasteiger partial charge in [0.05, 0.1) is 26.2 Å².